The van der Waals surface area contributed by atoms with Crippen LogP contribution in [0.2, 0.25) is 0 Å². The highest BCUT2D eigenvalue weighted by Crippen LogP contribution is 2.18. The molecule has 6 nitrogen and oxygen atoms in total. The van der Waals surface area contributed by atoms with E-state index >= 15 is 0 Å². The summed E-state index contributed by atoms with van der Waals surface area (Å²) >= 11 is 3.37. The highest BCUT2D eigenvalue weighted by atomic mass is 79.9. The summed E-state index contributed by atoms with van der Waals surface area (Å²) in [6, 6.07) is 6.99. The third-order valence-corrected chi connectivity index (χ3v) is 3.64. The molecular weight excluding hydrogens is 336 g/mol. The molecule has 0 radical (unpaired) electrons. The van der Waals surface area contributed by atoms with Crippen molar-refractivity contribution in [1.82, 2.24) is 14.5 Å². The van der Waals surface area contributed by atoms with Gasteiger partial charge in [0, 0.05) is 22.9 Å². The van der Waals surface area contributed by atoms with Gasteiger partial charge in [-0.25, -0.2) is 4.79 Å². The number of nitrogens with zero attached hydrogens (tertiary/aromatic N) is 1. The Balaban J connectivity index is 1.90. The van der Waals surface area contributed by atoms with Gasteiger partial charge in [0.15, 0.2) is 0 Å². The van der Waals surface area contributed by atoms with Gasteiger partial charge >= 0.3 is 5.69 Å². The molecule has 7 heteroatoms. The van der Waals surface area contributed by atoms with Crippen molar-refractivity contribution < 1.29 is 4.79 Å². The van der Waals surface area contributed by atoms with Crippen LogP contribution in [-0.2, 0) is 6.54 Å². The molecule has 0 aliphatic heterocycles. The number of rotatable bonds is 3. The molecule has 0 unspecified atom stereocenters. The Morgan fingerprint density at radius 2 is 2.05 bits per heavy atom. The van der Waals surface area contributed by atoms with Crippen LogP contribution in [0.5, 0.6) is 0 Å². The number of halogens is 1. The normalized spacial score (nSPS) is 11.0. The zero-order chi connectivity index (χ0) is 15.0. The number of nitrogens with one attached hydrogen (secondary N) is 3. The van der Waals surface area contributed by atoms with Crippen molar-refractivity contribution in [3.8, 4) is 0 Å². The van der Waals surface area contributed by atoms with Gasteiger partial charge in [0.1, 0.15) is 5.69 Å². The van der Waals surface area contributed by atoms with Gasteiger partial charge in [-0.15, -0.1) is 0 Å². The number of aromatic amines is 2. The number of H-pyrrole nitrogens is 2. The lowest BCUT2D eigenvalue weighted by molar-refractivity contribution is 0.101. The zero-order valence-electron chi connectivity index (χ0n) is 11.2. The molecule has 0 aliphatic carbocycles. The zero-order valence-corrected chi connectivity index (χ0v) is 12.8. The topological polar surface area (TPSA) is 82.7 Å². The lowest BCUT2D eigenvalue weighted by Gasteiger charge is -2.07. The number of aromatic nitrogens is 3. The van der Waals surface area contributed by atoms with Crippen LogP contribution in [0.4, 0.5) is 5.69 Å². The van der Waals surface area contributed by atoms with Crippen molar-refractivity contribution in [3.05, 3.63) is 51.1 Å². The van der Waals surface area contributed by atoms with Crippen molar-refractivity contribution in [2.75, 3.05) is 5.32 Å². The Morgan fingerprint density at radius 3 is 2.81 bits per heavy atom. The summed E-state index contributed by atoms with van der Waals surface area (Å²) in [5.74, 6) is -0.195. The maximum atomic E-state index is 12.3. The fourth-order valence-corrected chi connectivity index (χ4v) is 2.70. The molecule has 3 N–H and O–H groups in total. The summed E-state index contributed by atoms with van der Waals surface area (Å²) in [5, 5.41) is 2.83. The monoisotopic (exact) mass is 348 g/mol. The fourth-order valence-electron chi connectivity index (χ4n) is 2.23. The van der Waals surface area contributed by atoms with Crippen molar-refractivity contribution >= 4 is 38.6 Å². The van der Waals surface area contributed by atoms with Crippen LogP contribution in [0, 0.1) is 0 Å². The van der Waals surface area contributed by atoms with Gasteiger partial charge in [0.05, 0.1) is 11.0 Å². The Labute approximate surface area is 128 Å². The van der Waals surface area contributed by atoms with Crippen LogP contribution in [-0.4, -0.2) is 20.4 Å². The summed E-state index contributed by atoms with van der Waals surface area (Å²) < 4.78 is 2.72. The van der Waals surface area contributed by atoms with E-state index in [-0.39, 0.29) is 11.6 Å². The number of benzene rings is 1. The number of amides is 1. The molecule has 2 heterocycles. The minimum atomic E-state index is -0.266. The predicted octanol–water partition coefficient (Wildman–Crippen LogP) is 2.69. The molecule has 1 amide bonds. The Kier molecular flexibility index (Phi) is 3.42. The maximum absolute atomic E-state index is 12.3. The minimum Gasteiger partial charge on any atom is -0.343 e. The van der Waals surface area contributed by atoms with E-state index in [1.165, 1.54) is 0 Å². The first-order valence-electron chi connectivity index (χ1n) is 6.46. The van der Waals surface area contributed by atoms with E-state index in [2.05, 4.69) is 31.2 Å². The Hall–Kier alpha value is -2.28. The van der Waals surface area contributed by atoms with Gasteiger partial charge in [-0.3, -0.25) is 4.79 Å². The van der Waals surface area contributed by atoms with Crippen molar-refractivity contribution in [2.45, 2.75) is 13.5 Å². The van der Waals surface area contributed by atoms with E-state index in [4.69, 9.17) is 0 Å². The van der Waals surface area contributed by atoms with E-state index in [1.807, 2.05) is 17.7 Å². The average molecular weight is 349 g/mol. The van der Waals surface area contributed by atoms with E-state index < -0.39 is 0 Å². The number of anilines is 1. The average Bonchev–Trinajstić information content (AvgIpc) is 2.99. The molecule has 0 atom stereocenters. The second-order valence-corrected chi connectivity index (χ2v) is 5.54. The number of aryl methyl sites for hydroxylation is 1. The summed E-state index contributed by atoms with van der Waals surface area (Å²) in [6.07, 6.45) is 1.86. The van der Waals surface area contributed by atoms with Gasteiger partial charge in [0.2, 0.25) is 0 Å². The molecule has 0 bridgehead atoms. The summed E-state index contributed by atoms with van der Waals surface area (Å²) in [6.45, 7) is 2.68. The number of hydrogen-bond donors (Lipinski definition) is 3. The smallest absolute Gasteiger partial charge is 0.323 e. The summed E-state index contributed by atoms with van der Waals surface area (Å²) in [5.41, 5.74) is 2.30. The SMILES string of the molecule is CCn1cc(Br)cc1C(=O)Nc1ccc2[nH]c(=O)[nH]c2c1. The third kappa shape index (κ3) is 2.64. The first-order valence-corrected chi connectivity index (χ1v) is 7.25. The molecule has 3 rings (SSSR count). The largest absolute Gasteiger partial charge is 0.343 e. The highest BCUT2D eigenvalue weighted by molar-refractivity contribution is 9.10. The lowest BCUT2D eigenvalue weighted by atomic mass is 10.2. The van der Waals surface area contributed by atoms with E-state index in [0.717, 1.165) is 4.47 Å². The second-order valence-electron chi connectivity index (χ2n) is 4.62. The molecular formula is C14H13BrN4O2. The van der Waals surface area contributed by atoms with Crippen LogP contribution < -0.4 is 11.0 Å². The van der Waals surface area contributed by atoms with Gasteiger partial charge in [0.25, 0.3) is 5.91 Å². The molecule has 108 valence electrons. The molecule has 0 aliphatic rings. The highest BCUT2D eigenvalue weighted by Gasteiger charge is 2.13. The number of imidazole rings is 1. The standard InChI is InChI=1S/C14H13BrN4O2/c1-2-19-7-8(15)5-12(19)13(20)16-9-3-4-10-11(6-9)18-14(21)17-10/h3-7H,2H2,1H3,(H,16,20)(H2,17,18,21). The van der Waals surface area contributed by atoms with Crippen LogP contribution in [0.15, 0.2) is 39.7 Å². The van der Waals surface area contributed by atoms with Crippen LogP contribution in [0.3, 0.4) is 0 Å². The molecule has 0 spiro atoms. The van der Waals surface area contributed by atoms with Gasteiger partial charge in [-0.2, -0.15) is 0 Å². The molecule has 0 saturated heterocycles. The second kappa shape index (κ2) is 5.25. The fraction of sp³-hybridized carbons (Fsp3) is 0.143. The first-order chi connectivity index (χ1) is 10.1. The molecule has 0 saturated carbocycles. The molecule has 21 heavy (non-hydrogen) atoms. The quantitative estimate of drug-likeness (QED) is 0.679. The number of carbonyl (C=O) groups is 1. The molecule has 1 aromatic carbocycles. The lowest BCUT2D eigenvalue weighted by Crippen LogP contribution is -2.16. The van der Waals surface area contributed by atoms with Gasteiger partial charge < -0.3 is 19.9 Å². The van der Waals surface area contributed by atoms with Gasteiger partial charge in [-0.1, -0.05) is 0 Å². The summed E-state index contributed by atoms with van der Waals surface area (Å²) in [7, 11) is 0. The van der Waals surface area contributed by atoms with Crippen LogP contribution >= 0.6 is 15.9 Å². The van der Waals surface area contributed by atoms with E-state index in [9.17, 15) is 9.59 Å². The minimum absolute atomic E-state index is 0.195. The van der Waals surface area contributed by atoms with Gasteiger partial charge in [-0.05, 0) is 47.1 Å². The number of hydrogen-bond acceptors (Lipinski definition) is 2. The third-order valence-electron chi connectivity index (χ3n) is 3.21. The Morgan fingerprint density at radius 1 is 1.29 bits per heavy atom. The molecule has 2 aromatic heterocycles. The predicted molar refractivity (Wildman–Crippen MR) is 84.7 cm³/mol. The first kappa shape index (κ1) is 13.7. The van der Waals surface area contributed by atoms with E-state index in [1.54, 1.807) is 24.3 Å². The number of carbonyl (C=O) groups excluding carboxylic acids is 1. The Bertz CT molecular complexity index is 875. The van der Waals surface area contributed by atoms with E-state index in [0.29, 0.717) is 29.0 Å². The van der Waals surface area contributed by atoms with Crippen LogP contribution in [0.1, 0.15) is 17.4 Å². The summed E-state index contributed by atoms with van der Waals surface area (Å²) in [4.78, 5) is 28.9. The van der Waals surface area contributed by atoms with Crippen molar-refractivity contribution in [2.24, 2.45) is 0 Å². The van der Waals surface area contributed by atoms with Crippen LogP contribution in [0.25, 0.3) is 11.0 Å². The van der Waals surface area contributed by atoms with Crippen molar-refractivity contribution in [3.63, 3.8) is 0 Å². The van der Waals surface area contributed by atoms with Crippen molar-refractivity contribution in [1.29, 1.82) is 0 Å². The maximum Gasteiger partial charge on any atom is 0.323 e. The number of fused-ring (bicyclic) bond motifs is 1. The molecule has 3 aromatic rings. The molecule has 0 fully saturated rings.